The van der Waals surface area contributed by atoms with Crippen molar-refractivity contribution in [3.8, 4) is 11.7 Å². The fourth-order valence-electron chi connectivity index (χ4n) is 4.37. The molecule has 16 heteroatoms. The summed E-state index contributed by atoms with van der Waals surface area (Å²) < 4.78 is 220. The zero-order valence-electron chi connectivity index (χ0n) is 19.6. The molecule has 0 spiro atoms. The number of halogens is 15. The maximum absolute atomic E-state index is 15.3. The van der Waals surface area contributed by atoms with Gasteiger partial charge in [0.1, 0.15) is 34.9 Å². The molecule has 0 atom stereocenters. The molecule has 0 nitrogen and oxygen atoms in total. The van der Waals surface area contributed by atoms with Crippen LogP contribution >= 0.6 is 0 Å². The van der Waals surface area contributed by atoms with Gasteiger partial charge in [0.15, 0.2) is 58.5 Å². The van der Waals surface area contributed by atoms with Crippen LogP contribution in [0.25, 0.3) is 0 Å². The Hall–Kier alpha value is -4.55. The van der Waals surface area contributed by atoms with E-state index in [2.05, 4.69) is 0 Å². The molecule has 4 aromatic carbocycles. The largest absolute Gasteiger partial charge is 0.291 e. The molecular formula is C26H5BF15-. The fraction of sp³-hybridized carbons (Fsp3) is 0. The highest BCUT2D eigenvalue weighted by Crippen LogP contribution is 2.28. The van der Waals surface area contributed by atoms with Gasteiger partial charge in [-0.25, -0.2) is 65.9 Å². The van der Waals surface area contributed by atoms with Gasteiger partial charge in [-0.3, -0.25) is 5.82 Å². The van der Waals surface area contributed by atoms with Crippen molar-refractivity contribution in [2.45, 2.75) is 0 Å². The van der Waals surface area contributed by atoms with E-state index in [-0.39, 0.29) is 0 Å². The smallest absolute Gasteiger partial charge is 0.200 e. The molecular weight excluding hydrogens is 608 g/mol. The molecule has 0 heterocycles. The second-order valence-corrected chi connectivity index (χ2v) is 8.45. The first-order valence-corrected chi connectivity index (χ1v) is 10.9. The van der Waals surface area contributed by atoms with Crippen LogP contribution in [0.4, 0.5) is 65.9 Å². The molecule has 0 bridgehead atoms. The maximum atomic E-state index is 15.3. The van der Waals surface area contributed by atoms with Crippen LogP contribution in [0.5, 0.6) is 0 Å². The zero-order chi connectivity index (χ0) is 31.4. The monoisotopic (exact) mass is 613 g/mol. The third-order valence-electron chi connectivity index (χ3n) is 6.24. The molecule has 0 saturated carbocycles. The molecule has 0 N–H and O–H groups in total. The average Bonchev–Trinajstić information content (AvgIpc) is 2.98. The summed E-state index contributed by atoms with van der Waals surface area (Å²) in [6.45, 7) is 0. The molecule has 0 aliphatic carbocycles. The highest BCUT2D eigenvalue weighted by Gasteiger charge is 2.47. The summed E-state index contributed by atoms with van der Waals surface area (Å²) in [6, 6.07) is 5.51. The van der Waals surface area contributed by atoms with Gasteiger partial charge in [-0.15, -0.1) is 22.3 Å². The molecule has 4 aromatic rings. The summed E-state index contributed by atoms with van der Waals surface area (Å²) in [5, 5.41) is 0. The minimum absolute atomic E-state index is 0.458. The van der Waals surface area contributed by atoms with Crippen LogP contribution in [0.1, 0.15) is 5.56 Å². The number of rotatable bonds is 3. The summed E-state index contributed by atoms with van der Waals surface area (Å²) in [4.78, 5) is 0. The van der Waals surface area contributed by atoms with Crippen molar-refractivity contribution in [1.82, 2.24) is 0 Å². The predicted molar refractivity (Wildman–Crippen MR) is 117 cm³/mol. The van der Waals surface area contributed by atoms with Gasteiger partial charge in [0.25, 0.3) is 0 Å². The van der Waals surface area contributed by atoms with Gasteiger partial charge in [-0.1, -0.05) is 18.2 Å². The number of hydrogen-bond acceptors (Lipinski definition) is 0. The average molecular weight is 613 g/mol. The zero-order valence-corrected chi connectivity index (χ0v) is 19.6. The van der Waals surface area contributed by atoms with Crippen LogP contribution in [0.3, 0.4) is 0 Å². The third kappa shape index (κ3) is 4.26. The van der Waals surface area contributed by atoms with Gasteiger partial charge in [-0.05, 0) is 12.1 Å². The van der Waals surface area contributed by atoms with Crippen molar-refractivity contribution in [2.24, 2.45) is 0 Å². The lowest BCUT2D eigenvalue weighted by Gasteiger charge is -2.39. The highest BCUT2D eigenvalue weighted by molar-refractivity contribution is 7.17. The summed E-state index contributed by atoms with van der Waals surface area (Å²) in [5.74, 6) is -43.0. The Balaban J connectivity index is 2.50. The third-order valence-corrected chi connectivity index (χ3v) is 6.24. The van der Waals surface area contributed by atoms with Gasteiger partial charge in [0, 0.05) is 5.56 Å². The first-order valence-electron chi connectivity index (χ1n) is 10.9. The summed E-state index contributed by atoms with van der Waals surface area (Å²) in [5.41, 5.74) is -8.79. The highest BCUT2D eigenvalue weighted by atomic mass is 19.2. The summed E-state index contributed by atoms with van der Waals surface area (Å²) in [6.07, 6.45) is -5.90. The number of hydrogen-bond donors (Lipinski definition) is 0. The summed E-state index contributed by atoms with van der Waals surface area (Å²) in [7, 11) is 0. The lowest BCUT2D eigenvalue weighted by molar-refractivity contribution is 0.380. The fourth-order valence-corrected chi connectivity index (χ4v) is 4.37. The van der Waals surface area contributed by atoms with E-state index in [1.54, 1.807) is 5.92 Å². The topological polar surface area (TPSA) is 0 Å². The van der Waals surface area contributed by atoms with Crippen LogP contribution < -0.4 is 16.4 Å². The number of benzene rings is 4. The van der Waals surface area contributed by atoms with Gasteiger partial charge < -0.3 is 0 Å². The van der Waals surface area contributed by atoms with Crippen LogP contribution in [0.15, 0.2) is 30.3 Å². The second-order valence-electron chi connectivity index (χ2n) is 8.45. The molecule has 0 radical (unpaired) electrons. The molecule has 218 valence electrons. The maximum Gasteiger partial charge on any atom is 0.200 e. The van der Waals surface area contributed by atoms with E-state index in [0.29, 0.717) is 0 Å². The van der Waals surface area contributed by atoms with Crippen molar-refractivity contribution in [1.29, 1.82) is 0 Å². The Kier molecular flexibility index (Phi) is 7.75. The van der Waals surface area contributed by atoms with Crippen LogP contribution in [0.2, 0.25) is 0 Å². The lowest BCUT2D eigenvalue weighted by atomic mass is 9.15. The normalized spacial score (nSPS) is 11.5. The Morgan fingerprint density at radius 1 is 0.333 bits per heavy atom. The van der Waals surface area contributed by atoms with E-state index in [1.165, 1.54) is 11.9 Å². The molecule has 0 aliphatic heterocycles. The first kappa shape index (κ1) is 30.4. The van der Waals surface area contributed by atoms with E-state index < -0.39 is 115 Å². The van der Waals surface area contributed by atoms with E-state index in [9.17, 15) is 39.5 Å². The van der Waals surface area contributed by atoms with Gasteiger partial charge in [0.2, 0.25) is 0 Å². The summed E-state index contributed by atoms with van der Waals surface area (Å²) >= 11 is 0. The van der Waals surface area contributed by atoms with Crippen LogP contribution in [-0.2, 0) is 0 Å². The molecule has 0 amide bonds. The molecule has 0 fully saturated rings. The van der Waals surface area contributed by atoms with Gasteiger partial charge >= 0.3 is 0 Å². The molecule has 0 saturated heterocycles. The minimum atomic E-state index is -5.90. The Labute approximate surface area is 223 Å². The van der Waals surface area contributed by atoms with Crippen molar-refractivity contribution in [3.05, 3.63) is 123 Å². The standard InChI is InChI=1S/C26H5BF15/c28-12-9(13(29)19(35)24(40)18(12)34)27(7-6-8-4-2-1-3-5-8,10-14(30)20(36)25(41)21(37)15(10)31)11-16(32)22(38)26(42)23(39)17(11)33/h1-5H/q-1. The SMILES string of the molecule is Fc1c(F)c(F)c([B-](C#Cc2ccccc2)(c2c(F)c(F)c(F)c(F)c2F)c2c(F)c(F)c(F)c(F)c2F)c(F)c1F. The molecule has 4 rings (SSSR count). The predicted octanol–water partition coefficient (Wildman–Crippen LogP) is 5.83. The van der Waals surface area contributed by atoms with E-state index in [1.807, 2.05) is 0 Å². The Bertz CT molecular complexity index is 1590. The quantitative estimate of drug-likeness (QED) is 0.0898. The molecule has 42 heavy (non-hydrogen) atoms. The van der Waals surface area contributed by atoms with Gasteiger partial charge in [-0.2, -0.15) is 0 Å². The van der Waals surface area contributed by atoms with Crippen molar-refractivity contribution in [2.75, 3.05) is 0 Å². The van der Waals surface area contributed by atoms with Crippen molar-refractivity contribution in [3.63, 3.8) is 0 Å². The van der Waals surface area contributed by atoms with E-state index in [4.69, 9.17) is 0 Å². The van der Waals surface area contributed by atoms with Crippen molar-refractivity contribution >= 4 is 22.5 Å². The molecule has 0 aliphatic rings. The minimum Gasteiger partial charge on any atom is -0.291 e. The first-order chi connectivity index (χ1) is 19.6. The van der Waals surface area contributed by atoms with Crippen LogP contribution in [0, 0.1) is 99.0 Å². The lowest BCUT2D eigenvalue weighted by Crippen LogP contribution is -2.72. The molecule has 0 aromatic heterocycles. The van der Waals surface area contributed by atoms with Crippen molar-refractivity contribution < 1.29 is 65.9 Å². The Morgan fingerprint density at radius 2 is 0.571 bits per heavy atom. The Morgan fingerprint density at radius 3 is 0.833 bits per heavy atom. The van der Waals surface area contributed by atoms with Gasteiger partial charge in [0.05, 0.1) is 0 Å². The van der Waals surface area contributed by atoms with E-state index in [0.717, 1.165) is 24.3 Å². The second kappa shape index (κ2) is 10.7. The van der Waals surface area contributed by atoms with Crippen LogP contribution in [-0.4, -0.2) is 6.15 Å². The molecule has 0 unspecified atom stereocenters. The van der Waals surface area contributed by atoms with E-state index >= 15 is 26.3 Å².